The van der Waals surface area contributed by atoms with Crippen molar-refractivity contribution in [2.24, 2.45) is 0 Å². The smallest absolute Gasteiger partial charge is 0.333 e. The molecule has 3 nitrogen and oxygen atoms in total. The summed E-state index contributed by atoms with van der Waals surface area (Å²) in [6, 6.07) is 20.0. The average molecular weight is 377 g/mol. The number of hydrogen-bond acceptors (Lipinski definition) is 2. The summed E-state index contributed by atoms with van der Waals surface area (Å²) in [4.78, 5) is 25.5. The number of rotatable bonds is 4. The molecule has 0 bridgehead atoms. The number of benzene rings is 3. The van der Waals surface area contributed by atoms with Crippen molar-refractivity contribution in [3.05, 3.63) is 107 Å². The molecule has 4 rings (SSSR count). The SMILES string of the molecule is Cc1ccc(C(=O)C(F)(F)C2(c3ccccc3)NC(=O)c3ccccc32)cc1. The molecule has 3 aromatic rings. The molecule has 0 saturated heterocycles. The van der Waals surface area contributed by atoms with E-state index in [0.29, 0.717) is 0 Å². The highest BCUT2D eigenvalue weighted by Crippen LogP contribution is 2.49. The quantitative estimate of drug-likeness (QED) is 0.681. The molecule has 0 fully saturated rings. The Hall–Kier alpha value is -3.34. The summed E-state index contributed by atoms with van der Waals surface area (Å²) in [6.45, 7) is 1.81. The first-order chi connectivity index (χ1) is 13.4. The number of Topliss-reactive ketones (excluding diaryl/α,β-unsaturated/α-hetero) is 1. The van der Waals surface area contributed by atoms with Gasteiger partial charge in [0.05, 0.1) is 0 Å². The number of amides is 1. The summed E-state index contributed by atoms with van der Waals surface area (Å²) in [6.07, 6.45) is 0. The average Bonchev–Trinajstić information content (AvgIpc) is 3.03. The van der Waals surface area contributed by atoms with Gasteiger partial charge in [-0.05, 0) is 18.6 Å². The van der Waals surface area contributed by atoms with Crippen LogP contribution >= 0.6 is 0 Å². The van der Waals surface area contributed by atoms with Gasteiger partial charge in [0.15, 0.2) is 5.54 Å². The number of nitrogens with one attached hydrogen (secondary N) is 1. The van der Waals surface area contributed by atoms with Crippen LogP contribution in [0.4, 0.5) is 8.78 Å². The van der Waals surface area contributed by atoms with E-state index in [-0.39, 0.29) is 22.3 Å². The number of aryl methyl sites for hydroxylation is 1. The molecule has 5 heteroatoms. The van der Waals surface area contributed by atoms with Crippen molar-refractivity contribution in [1.29, 1.82) is 0 Å². The van der Waals surface area contributed by atoms with Gasteiger partial charge in [-0.3, -0.25) is 9.59 Å². The molecule has 1 unspecified atom stereocenters. The summed E-state index contributed by atoms with van der Waals surface area (Å²) in [5.41, 5.74) is -1.14. The molecule has 1 atom stereocenters. The molecule has 0 aliphatic carbocycles. The standard InChI is InChI=1S/C23H17F2NO2/c1-15-11-13-16(14-12-15)20(27)23(24,25)22(17-7-3-2-4-8-17)19-10-6-5-9-18(19)21(28)26-22/h2-14H,1H3,(H,26,28). The van der Waals surface area contributed by atoms with Gasteiger partial charge in [-0.25, -0.2) is 0 Å². The molecule has 0 saturated carbocycles. The van der Waals surface area contributed by atoms with Crippen LogP contribution in [0, 0.1) is 6.92 Å². The van der Waals surface area contributed by atoms with Gasteiger partial charge in [0.25, 0.3) is 5.91 Å². The summed E-state index contributed by atoms with van der Waals surface area (Å²) in [5, 5.41) is 2.44. The molecule has 1 amide bonds. The van der Waals surface area contributed by atoms with Crippen LogP contribution in [0.3, 0.4) is 0 Å². The highest BCUT2D eigenvalue weighted by molar-refractivity contribution is 6.07. The third kappa shape index (κ3) is 2.47. The van der Waals surface area contributed by atoms with E-state index in [2.05, 4.69) is 5.32 Å². The summed E-state index contributed by atoms with van der Waals surface area (Å²) >= 11 is 0. The second-order valence-electron chi connectivity index (χ2n) is 6.89. The Morgan fingerprint density at radius 1 is 0.893 bits per heavy atom. The van der Waals surface area contributed by atoms with E-state index in [1.165, 1.54) is 36.4 Å². The minimum atomic E-state index is -3.91. The zero-order chi connectivity index (χ0) is 19.9. The second-order valence-corrected chi connectivity index (χ2v) is 6.89. The Morgan fingerprint density at radius 2 is 1.50 bits per heavy atom. The largest absolute Gasteiger partial charge is 0.340 e. The van der Waals surface area contributed by atoms with Crippen molar-refractivity contribution in [3.8, 4) is 0 Å². The summed E-state index contributed by atoms with van der Waals surface area (Å²) in [7, 11) is 0. The Labute approximate surface area is 161 Å². The lowest BCUT2D eigenvalue weighted by Gasteiger charge is -2.37. The Bertz CT molecular complexity index is 1060. The number of fused-ring (bicyclic) bond motifs is 1. The van der Waals surface area contributed by atoms with Gasteiger partial charge < -0.3 is 5.32 Å². The maximum Gasteiger partial charge on any atom is 0.340 e. The molecule has 1 aliphatic rings. The van der Waals surface area contributed by atoms with Gasteiger partial charge in [0.2, 0.25) is 5.78 Å². The fourth-order valence-electron chi connectivity index (χ4n) is 3.71. The van der Waals surface area contributed by atoms with Crippen molar-refractivity contribution in [3.63, 3.8) is 0 Å². The first-order valence-corrected chi connectivity index (χ1v) is 8.85. The number of halogens is 2. The zero-order valence-electron chi connectivity index (χ0n) is 15.1. The van der Waals surface area contributed by atoms with Crippen LogP contribution in [-0.4, -0.2) is 17.6 Å². The number of carbonyl (C=O) groups is 2. The molecule has 0 aromatic heterocycles. The van der Waals surface area contributed by atoms with Gasteiger partial charge in [-0.1, -0.05) is 78.4 Å². The third-order valence-corrected chi connectivity index (χ3v) is 5.15. The van der Waals surface area contributed by atoms with Crippen molar-refractivity contribution in [2.75, 3.05) is 0 Å². The molecule has 3 aromatic carbocycles. The molecule has 1 N–H and O–H groups in total. The maximum atomic E-state index is 15.9. The first-order valence-electron chi connectivity index (χ1n) is 8.85. The minimum absolute atomic E-state index is 0.0941. The summed E-state index contributed by atoms with van der Waals surface area (Å²) in [5.74, 6) is -5.88. The fraction of sp³-hybridized carbons (Fsp3) is 0.130. The van der Waals surface area contributed by atoms with E-state index < -0.39 is 23.2 Å². The lowest BCUT2D eigenvalue weighted by Crippen LogP contribution is -2.58. The van der Waals surface area contributed by atoms with E-state index in [1.54, 1.807) is 42.5 Å². The Morgan fingerprint density at radius 3 is 2.18 bits per heavy atom. The zero-order valence-corrected chi connectivity index (χ0v) is 15.1. The Balaban J connectivity index is 1.96. The van der Waals surface area contributed by atoms with Gasteiger partial charge in [-0.2, -0.15) is 8.78 Å². The van der Waals surface area contributed by atoms with E-state index in [9.17, 15) is 9.59 Å². The van der Waals surface area contributed by atoms with E-state index in [0.717, 1.165) is 5.56 Å². The van der Waals surface area contributed by atoms with Crippen LogP contribution in [0.15, 0.2) is 78.9 Å². The Kier molecular flexibility index (Phi) is 4.11. The maximum absolute atomic E-state index is 15.9. The van der Waals surface area contributed by atoms with Crippen molar-refractivity contribution >= 4 is 11.7 Å². The van der Waals surface area contributed by atoms with Crippen LogP contribution in [0.2, 0.25) is 0 Å². The third-order valence-electron chi connectivity index (χ3n) is 5.15. The molecule has 140 valence electrons. The fourth-order valence-corrected chi connectivity index (χ4v) is 3.71. The van der Waals surface area contributed by atoms with Crippen LogP contribution in [-0.2, 0) is 5.54 Å². The number of ketones is 1. The normalized spacial score (nSPS) is 18.5. The van der Waals surface area contributed by atoms with Crippen LogP contribution < -0.4 is 5.32 Å². The molecule has 1 aliphatic heterocycles. The molecular weight excluding hydrogens is 360 g/mol. The topological polar surface area (TPSA) is 46.2 Å². The van der Waals surface area contributed by atoms with Gasteiger partial charge in [0.1, 0.15) is 0 Å². The molecular formula is C23H17F2NO2. The van der Waals surface area contributed by atoms with Crippen molar-refractivity contribution in [1.82, 2.24) is 5.32 Å². The van der Waals surface area contributed by atoms with Crippen LogP contribution in [0.25, 0.3) is 0 Å². The highest BCUT2D eigenvalue weighted by atomic mass is 19.3. The summed E-state index contributed by atoms with van der Waals surface area (Å²) < 4.78 is 31.9. The monoisotopic (exact) mass is 377 g/mol. The van der Waals surface area contributed by atoms with E-state index in [1.807, 2.05) is 6.92 Å². The predicted octanol–water partition coefficient (Wildman–Crippen LogP) is 4.50. The highest BCUT2D eigenvalue weighted by Gasteiger charge is 2.65. The molecule has 1 heterocycles. The van der Waals surface area contributed by atoms with Gasteiger partial charge in [-0.15, -0.1) is 0 Å². The minimum Gasteiger partial charge on any atom is -0.333 e. The second kappa shape index (κ2) is 6.37. The van der Waals surface area contributed by atoms with Crippen LogP contribution in [0.5, 0.6) is 0 Å². The van der Waals surface area contributed by atoms with Crippen molar-refractivity contribution < 1.29 is 18.4 Å². The number of hydrogen-bond donors (Lipinski definition) is 1. The van der Waals surface area contributed by atoms with Crippen LogP contribution in [0.1, 0.15) is 37.4 Å². The molecule has 28 heavy (non-hydrogen) atoms. The van der Waals surface area contributed by atoms with E-state index in [4.69, 9.17) is 0 Å². The van der Waals surface area contributed by atoms with Crippen molar-refractivity contribution in [2.45, 2.75) is 18.4 Å². The molecule has 0 radical (unpaired) electrons. The molecule has 0 spiro atoms. The lowest BCUT2D eigenvalue weighted by atomic mass is 9.75. The van der Waals surface area contributed by atoms with E-state index >= 15 is 8.78 Å². The number of carbonyl (C=O) groups excluding carboxylic acids is 2. The first kappa shape index (κ1) is 18.0. The van der Waals surface area contributed by atoms with Gasteiger partial charge in [0, 0.05) is 16.7 Å². The number of alkyl halides is 2. The predicted molar refractivity (Wildman–Crippen MR) is 102 cm³/mol. The van der Waals surface area contributed by atoms with Gasteiger partial charge >= 0.3 is 5.92 Å². The lowest BCUT2D eigenvalue weighted by molar-refractivity contribution is -0.0411.